The van der Waals surface area contributed by atoms with Crippen LogP contribution in [-0.4, -0.2) is 65.6 Å². The van der Waals surface area contributed by atoms with Gasteiger partial charge in [-0.1, -0.05) is 0 Å². The van der Waals surface area contributed by atoms with E-state index in [0.717, 1.165) is 13.0 Å². The molecule has 8 heteroatoms. The lowest BCUT2D eigenvalue weighted by atomic mass is 10.1. The molecule has 0 amide bonds. The first kappa shape index (κ1) is 18.7. The van der Waals surface area contributed by atoms with E-state index in [-0.39, 0.29) is 11.9 Å². The molecule has 0 bridgehead atoms. The van der Waals surface area contributed by atoms with Crippen molar-refractivity contribution in [3.63, 3.8) is 0 Å². The van der Waals surface area contributed by atoms with E-state index in [2.05, 4.69) is 34.2 Å². The van der Waals surface area contributed by atoms with E-state index in [0.29, 0.717) is 28.2 Å². The number of nitrogens with zero attached hydrogens (tertiary/aromatic N) is 3. The van der Waals surface area contributed by atoms with Crippen LogP contribution in [0.4, 0.5) is 5.82 Å². The van der Waals surface area contributed by atoms with Gasteiger partial charge in [-0.15, -0.1) is 11.8 Å². The number of esters is 1. The van der Waals surface area contributed by atoms with Crippen molar-refractivity contribution in [3.05, 3.63) is 11.4 Å². The first-order valence-electron chi connectivity index (χ1n) is 7.95. The van der Waals surface area contributed by atoms with Crippen molar-refractivity contribution < 1.29 is 9.53 Å². The number of hydrogen-bond acceptors (Lipinski definition) is 8. The molecule has 0 spiro atoms. The summed E-state index contributed by atoms with van der Waals surface area (Å²) in [5.74, 6) is -0.0375. The number of aromatic nitrogens is 2. The lowest BCUT2D eigenvalue weighted by Gasteiger charge is -2.28. The third kappa shape index (κ3) is 3.87. The first-order chi connectivity index (χ1) is 11.4. The van der Waals surface area contributed by atoms with E-state index in [4.69, 9.17) is 10.1 Å². The minimum absolute atomic E-state index is 0.0151. The number of hydrogen-bond donors (Lipinski definition) is 2. The Morgan fingerprint density at radius 2 is 2.21 bits per heavy atom. The molecule has 0 radical (unpaired) electrons. The van der Waals surface area contributed by atoms with Gasteiger partial charge in [0.05, 0.1) is 12.7 Å². The van der Waals surface area contributed by atoms with Gasteiger partial charge in [0.15, 0.2) is 0 Å². The summed E-state index contributed by atoms with van der Waals surface area (Å²) in [6, 6.07) is 0.545. The Labute approximate surface area is 147 Å². The highest BCUT2D eigenvalue weighted by Gasteiger charge is 2.28. The summed E-state index contributed by atoms with van der Waals surface area (Å²) in [6.07, 6.45) is 4.17. The fraction of sp³-hybridized carbons (Fsp3) is 0.625. The first-order valence-corrected chi connectivity index (χ1v) is 9.18. The van der Waals surface area contributed by atoms with Crippen molar-refractivity contribution in [2.24, 2.45) is 0 Å². The second-order valence-electron chi connectivity index (χ2n) is 6.02. The molecule has 0 aromatic carbocycles. The normalized spacial score (nSPS) is 19.1. The van der Waals surface area contributed by atoms with Crippen LogP contribution in [0.2, 0.25) is 0 Å². The van der Waals surface area contributed by atoms with E-state index in [1.54, 1.807) is 6.92 Å². The van der Waals surface area contributed by atoms with Gasteiger partial charge < -0.3 is 20.4 Å². The average Bonchev–Trinajstić information content (AvgIpc) is 2.98. The largest absolute Gasteiger partial charge is 0.463 e. The Morgan fingerprint density at radius 3 is 2.71 bits per heavy atom. The van der Waals surface area contributed by atoms with Crippen LogP contribution in [0.1, 0.15) is 42.9 Å². The van der Waals surface area contributed by atoms with E-state index < -0.39 is 5.97 Å². The highest BCUT2D eigenvalue weighted by atomic mass is 32.2. The van der Waals surface area contributed by atoms with Crippen LogP contribution < -0.4 is 5.32 Å². The second-order valence-corrected chi connectivity index (χ2v) is 6.81. The maximum Gasteiger partial charge on any atom is 0.376 e. The molecular weight excluding hydrogens is 326 g/mol. The molecule has 2 N–H and O–H groups in total. The summed E-state index contributed by atoms with van der Waals surface area (Å²) in [4.78, 5) is 22.8. The zero-order valence-electron chi connectivity index (χ0n) is 14.8. The van der Waals surface area contributed by atoms with Crippen molar-refractivity contribution in [2.75, 3.05) is 32.3 Å². The Morgan fingerprint density at radius 1 is 1.50 bits per heavy atom. The number of rotatable bonds is 6. The summed E-state index contributed by atoms with van der Waals surface area (Å²) < 4.78 is 4.75. The number of methoxy groups -OCH3 is 1. The van der Waals surface area contributed by atoms with Crippen molar-refractivity contribution >= 4 is 29.3 Å². The summed E-state index contributed by atoms with van der Waals surface area (Å²) in [6.45, 7) is 4.89. The van der Waals surface area contributed by atoms with Crippen molar-refractivity contribution in [3.8, 4) is 0 Å². The average molecular weight is 351 g/mol. The minimum Gasteiger partial charge on any atom is -0.463 e. The zero-order chi connectivity index (χ0) is 17.9. The molecular formula is C16H25N5O2S. The third-order valence-electron chi connectivity index (χ3n) is 4.33. The molecule has 1 saturated heterocycles. The maximum absolute atomic E-state index is 11.9. The van der Waals surface area contributed by atoms with Crippen molar-refractivity contribution in [1.29, 1.82) is 5.41 Å². The Kier molecular flexibility index (Phi) is 6.17. The lowest BCUT2D eigenvalue weighted by Crippen LogP contribution is -2.39. The molecule has 0 aliphatic carbocycles. The van der Waals surface area contributed by atoms with Gasteiger partial charge in [-0.2, -0.15) is 0 Å². The highest BCUT2D eigenvalue weighted by molar-refractivity contribution is 7.98. The van der Waals surface area contributed by atoms with Crippen molar-refractivity contribution in [1.82, 2.24) is 14.9 Å². The van der Waals surface area contributed by atoms with E-state index in [9.17, 15) is 4.79 Å². The summed E-state index contributed by atoms with van der Waals surface area (Å²) in [5.41, 5.74) is 1.01. The summed E-state index contributed by atoms with van der Waals surface area (Å²) >= 11 is 1.39. The number of nitrogens with one attached hydrogen (secondary N) is 2. The standard InChI is InChI=1S/C16H25N5O2S/c1-9(17)12-13(18-10(2)11-7-6-8-21(11)3)19-14(16(22)23-4)20-15(12)24-5/h10-11,17H,6-8H2,1-5H3,(H,18,19,20)/t10-,11-/m0/s1. The number of likely N-dealkylation sites (N-methyl/N-ethyl adjacent to an activating group) is 1. The number of anilines is 1. The molecule has 1 aliphatic rings. The van der Waals surface area contributed by atoms with Crippen LogP contribution in [0.5, 0.6) is 0 Å². The highest BCUT2D eigenvalue weighted by Crippen LogP contribution is 2.27. The number of thioether (sulfide) groups is 1. The predicted molar refractivity (Wildman–Crippen MR) is 96.4 cm³/mol. The Hall–Kier alpha value is -1.67. The van der Waals surface area contributed by atoms with Gasteiger partial charge in [-0.05, 0) is 46.5 Å². The zero-order valence-corrected chi connectivity index (χ0v) is 15.7. The van der Waals surface area contributed by atoms with Crippen LogP contribution in [0.15, 0.2) is 5.03 Å². The van der Waals surface area contributed by atoms with Crippen molar-refractivity contribution in [2.45, 2.75) is 43.8 Å². The van der Waals surface area contributed by atoms with Crippen LogP contribution in [0.3, 0.4) is 0 Å². The van der Waals surface area contributed by atoms with Gasteiger partial charge in [-0.25, -0.2) is 14.8 Å². The minimum atomic E-state index is -0.576. The fourth-order valence-electron chi connectivity index (χ4n) is 3.09. The monoisotopic (exact) mass is 351 g/mol. The van der Waals surface area contributed by atoms with Gasteiger partial charge >= 0.3 is 5.97 Å². The smallest absolute Gasteiger partial charge is 0.376 e. The molecule has 2 heterocycles. The van der Waals surface area contributed by atoms with Gasteiger partial charge in [0.25, 0.3) is 0 Å². The van der Waals surface area contributed by atoms with Gasteiger partial charge in [0, 0.05) is 17.8 Å². The number of carbonyl (C=O) groups excluding carboxylic acids is 1. The Bertz CT molecular complexity index is 637. The van der Waals surface area contributed by atoms with E-state index in [1.165, 1.54) is 25.3 Å². The molecule has 132 valence electrons. The molecule has 7 nitrogen and oxygen atoms in total. The summed E-state index contributed by atoms with van der Waals surface area (Å²) in [5, 5.41) is 12.1. The van der Waals surface area contributed by atoms with Crippen LogP contribution in [0.25, 0.3) is 0 Å². The molecule has 0 saturated carbocycles. The molecule has 2 atom stereocenters. The van der Waals surface area contributed by atoms with E-state index in [1.807, 2.05) is 6.26 Å². The van der Waals surface area contributed by atoms with Crippen LogP contribution >= 0.6 is 11.8 Å². The quantitative estimate of drug-likeness (QED) is 0.351. The summed E-state index contributed by atoms with van der Waals surface area (Å²) in [7, 11) is 3.43. The van der Waals surface area contributed by atoms with Gasteiger partial charge in [-0.3, -0.25) is 0 Å². The van der Waals surface area contributed by atoms with Crippen LogP contribution in [0, 0.1) is 5.41 Å². The second kappa shape index (κ2) is 7.94. The number of likely N-dealkylation sites (tertiary alicyclic amines) is 1. The predicted octanol–water partition coefficient (Wildman–Crippen LogP) is 2.27. The SMILES string of the molecule is COC(=O)c1nc(N[C@@H](C)[C@@H]2CCCN2C)c(C(C)=N)c(SC)n1. The maximum atomic E-state index is 11.9. The van der Waals surface area contributed by atoms with E-state index >= 15 is 0 Å². The topological polar surface area (TPSA) is 91.2 Å². The molecule has 1 fully saturated rings. The lowest BCUT2D eigenvalue weighted by molar-refractivity contribution is 0.0586. The van der Waals surface area contributed by atoms with Crippen LogP contribution in [-0.2, 0) is 4.74 Å². The number of carbonyl (C=O) groups is 1. The Balaban J connectivity index is 2.41. The molecule has 2 rings (SSSR count). The molecule has 0 unspecified atom stereocenters. The van der Waals surface area contributed by atoms with Gasteiger partial charge in [0.2, 0.25) is 5.82 Å². The molecule has 1 aromatic heterocycles. The molecule has 24 heavy (non-hydrogen) atoms. The number of ether oxygens (including phenoxy) is 1. The van der Waals surface area contributed by atoms with Gasteiger partial charge in [0.1, 0.15) is 10.8 Å². The fourth-order valence-corrected chi connectivity index (χ4v) is 3.72. The molecule has 1 aromatic rings. The third-order valence-corrected chi connectivity index (χ3v) is 5.01. The molecule has 1 aliphatic heterocycles.